The van der Waals surface area contributed by atoms with Crippen molar-refractivity contribution in [3.05, 3.63) is 30.1 Å². The molecule has 6 heteroatoms. The second-order valence-electron chi connectivity index (χ2n) is 3.83. The summed E-state index contributed by atoms with van der Waals surface area (Å²) in [6.07, 6.45) is 0.0972. The minimum atomic E-state index is -0.487. The van der Waals surface area contributed by atoms with E-state index in [1.165, 1.54) is 30.0 Å². The molecule has 18 heavy (non-hydrogen) atoms. The second-order valence-corrected chi connectivity index (χ2v) is 5.15. The lowest BCUT2D eigenvalue weighted by molar-refractivity contribution is -0.121. The van der Waals surface area contributed by atoms with Crippen molar-refractivity contribution >= 4 is 29.3 Å². The maximum atomic E-state index is 13.1. The predicted molar refractivity (Wildman–Crippen MR) is 66.8 cm³/mol. The van der Waals surface area contributed by atoms with Crippen LogP contribution in [0.15, 0.2) is 24.3 Å². The van der Waals surface area contributed by atoms with E-state index in [4.69, 9.17) is 5.11 Å². The Morgan fingerprint density at radius 1 is 1.44 bits per heavy atom. The summed E-state index contributed by atoms with van der Waals surface area (Å²) in [4.78, 5) is 24.8. The van der Waals surface area contributed by atoms with Crippen LogP contribution >= 0.6 is 11.8 Å². The van der Waals surface area contributed by atoms with Crippen molar-refractivity contribution in [1.29, 1.82) is 0 Å². The minimum Gasteiger partial charge on any atom is -0.396 e. The zero-order valence-corrected chi connectivity index (χ0v) is 10.3. The maximum absolute atomic E-state index is 13.1. The molecular formula is C12H12FNO3S. The SMILES string of the molecule is O=C1C[C@H](SCCO)C(=O)N1c1cccc(F)c1. The maximum Gasteiger partial charge on any atom is 0.247 e. The van der Waals surface area contributed by atoms with Crippen LogP contribution in [0.25, 0.3) is 0 Å². The zero-order valence-electron chi connectivity index (χ0n) is 9.51. The first-order valence-electron chi connectivity index (χ1n) is 5.48. The number of amides is 2. The van der Waals surface area contributed by atoms with Crippen molar-refractivity contribution in [2.45, 2.75) is 11.7 Å². The molecule has 0 bridgehead atoms. The molecule has 1 aliphatic rings. The lowest BCUT2D eigenvalue weighted by Gasteiger charge is -2.14. The Labute approximate surface area is 108 Å². The average Bonchev–Trinajstić information content (AvgIpc) is 2.62. The van der Waals surface area contributed by atoms with E-state index < -0.39 is 11.1 Å². The van der Waals surface area contributed by atoms with Gasteiger partial charge in [-0.1, -0.05) is 6.07 Å². The molecule has 2 rings (SSSR count). The first-order valence-corrected chi connectivity index (χ1v) is 6.53. The number of imide groups is 1. The van der Waals surface area contributed by atoms with Gasteiger partial charge in [0.25, 0.3) is 0 Å². The quantitative estimate of drug-likeness (QED) is 0.834. The molecular weight excluding hydrogens is 257 g/mol. The summed E-state index contributed by atoms with van der Waals surface area (Å²) in [5.41, 5.74) is 0.261. The van der Waals surface area contributed by atoms with Crippen molar-refractivity contribution in [2.24, 2.45) is 0 Å². The van der Waals surface area contributed by atoms with Crippen LogP contribution in [0.5, 0.6) is 0 Å². The fourth-order valence-corrected chi connectivity index (χ4v) is 2.71. The molecule has 0 aromatic heterocycles. The van der Waals surface area contributed by atoms with Crippen LogP contribution in [0.1, 0.15) is 6.42 Å². The molecule has 1 fully saturated rings. The smallest absolute Gasteiger partial charge is 0.247 e. The molecule has 0 saturated carbocycles. The monoisotopic (exact) mass is 269 g/mol. The van der Waals surface area contributed by atoms with Crippen molar-refractivity contribution < 1.29 is 19.1 Å². The summed E-state index contributed by atoms with van der Waals surface area (Å²) in [5.74, 6) is -0.759. The van der Waals surface area contributed by atoms with Crippen LogP contribution < -0.4 is 4.90 Å². The van der Waals surface area contributed by atoms with Gasteiger partial charge in [0.2, 0.25) is 11.8 Å². The summed E-state index contributed by atoms with van der Waals surface area (Å²) in [5, 5.41) is 8.24. The molecule has 1 saturated heterocycles. The van der Waals surface area contributed by atoms with Crippen LogP contribution in [0.3, 0.4) is 0 Å². The molecule has 0 aliphatic carbocycles. The summed E-state index contributed by atoms with van der Waals surface area (Å²) in [6.45, 7) is -0.0391. The largest absolute Gasteiger partial charge is 0.396 e. The molecule has 1 atom stereocenters. The standard InChI is InChI=1S/C12H12FNO3S/c13-8-2-1-3-9(6-8)14-11(16)7-10(12(14)17)18-5-4-15/h1-3,6,10,15H,4-5,7H2/t10-/m0/s1. The summed E-state index contributed by atoms with van der Waals surface area (Å²) >= 11 is 1.24. The van der Waals surface area contributed by atoms with Gasteiger partial charge in [0, 0.05) is 12.2 Å². The van der Waals surface area contributed by atoms with Gasteiger partial charge in [0.05, 0.1) is 17.5 Å². The Morgan fingerprint density at radius 2 is 2.22 bits per heavy atom. The van der Waals surface area contributed by atoms with Gasteiger partial charge in [0.15, 0.2) is 0 Å². The molecule has 2 amide bonds. The highest BCUT2D eigenvalue weighted by atomic mass is 32.2. The number of aliphatic hydroxyl groups excluding tert-OH is 1. The highest BCUT2D eigenvalue weighted by molar-refractivity contribution is 8.00. The van der Waals surface area contributed by atoms with Gasteiger partial charge in [-0.15, -0.1) is 11.8 Å². The van der Waals surface area contributed by atoms with Crippen LogP contribution in [0, 0.1) is 5.82 Å². The number of carbonyl (C=O) groups excluding carboxylic acids is 2. The molecule has 1 heterocycles. The molecule has 1 aromatic rings. The molecule has 0 spiro atoms. The molecule has 0 radical (unpaired) electrons. The van der Waals surface area contributed by atoms with E-state index in [-0.39, 0.29) is 30.5 Å². The lowest BCUT2D eigenvalue weighted by atomic mass is 10.3. The number of thioether (sulfide) groups is 1. The number of anilines is 1. The number of hydrogen-bond acceptors (Lipinski definition) is 4. The predicted octanol–water partition coefficient (Wildman–Crippen LogP) is 1.18. The van der Waals surface area contributed by atoms with Crippen LogP contribution in [0.2, 0.25) is 0 Å². The number of nitrogens with zero attached hydrogens (tertiary/aromatic N) is 1. The molecule has 1 aromatic carbocycles. The first kappa shape index (κ1) is 13.0. The first-order chi connectivity index (χ1) is 8.63. The van der Waals surface area contributed by atoms with E-state index in [1.54, 1.807) is 0 Å². The average molecular weight is 269 g/mol. The molecule has 1 N–H and O–H groups in total. The summed E-state index contributed by atoms with van der Waals surface area (Å²) in [7, 11) is 0. The van der Waals surface area contributed by atoms with E-state index in [0.29, 0.717) is 5.75 Å². The van der Waals surface area contributed by atoms with Crippen molar-refractivity contribution in [3.63, 3.8) is 0 Å². The third kappa shape index (κ3) is 2.54. The topological polar surface area (TPSA) is 57.6 Å². The van der Waals surface area contributed by atoms with E-state index >= 15 is 0 Å². The van der Waals surface area contributed by atoms with Gasteiger partial charge in [-0.3, -0.25) is 9.59 Å². The Balaban J connectivity index is 2.19. The van der Waals surface area contributed by atoms with Gasteiger partial charge in [0.1, 0.15) is 5.82 Å². The van der Waals surface area contributed by atoms with E-state index in [9.17, 15) is 14.0 Å². The molecule has 4 nitrogen and oxygen atoms in total. The van der Waals surface area contributed by atoms with E-state index in [1.807, 2.05) is 0 Å². The molecule has 0 unspecified atom stereocenters. The summed E-state index contributed by atoms with van der Waals surface area (Å²) in [6, 6.07) is 5.40. The third-order valence-electron chi connectivity index (χ3n) is 2.58. The molecule has 96 valence electrons. The Morgan fingerprint density at radius 3 is 2.89 bits per heavy atom. The normalized spacial score (nSPS) is 19.7. The number of benzene rings is 1. The van der Waals surface area contributed by atoms with Gasteiger partial charge < -0.3 is 5.11 Å². The molecule has 1 aliphatic heterocycles. The highest BCUT2D eigenvalue weighted by Crippen LogP contribution is 2.29. The number of aliphatic hydroxyl groups is 1. The van der Waals surface area contributed by atoms with E-state index in [0.717, 1.165) is 11.0 Å². The summed E-state index contributed by atoms with van der Waals surface area (Å²) < 4.78 is 13.1. The Hall–Kier alpha value is -1.40. The Bertz CT molecular complexity index is 480. The van der Waals surface area contributed by atoms with Crippen LogP contribution in [0.4, 0.5) is 10.1 Å². The zero-order chi connectivity index (χ0) is 13.1. The Kier molecular flexibility index (Phi) is 3.98. The van der Waals surface area contributed by atoms with Crippen molar-refractivity contribution in [1.82, 2.24) is 0 Å². The van der Waals surface area contributed by atoms with Crippen molar-refractivity contribution in [2.75, 3.05) is 17.3 Å². The van der Waals surface area contributed by atoms with Gasteiger partial charge in [-0.25, -0.2) is 9.29 Å². The number of hydrogen-bond donors (Lipinski definition) is 1. The van der Waals surface area contributed by atoms with Gasteiger partial charge in [-0.05, 0) is 18.2 Å². The lowest BCUT2D eigenvalue weighted by Crippen LogP contribution is -2.31. The van der Waals surface area contributed by atoms with Crippen LogP contribution in [-0.2, 0) is 9.59 Å². The number of rotatable bonds is 4. The van der Waals surface area contributed by atoms with E-state index in [2.05, 4.69) is 0 Å². The number of carbonyl (C=O) groups is 2. The second kappa shape index (κ2) is 5.49. The van der Waals surface area contributed by atoms with Crippen molar-refractivity contribution in [3.8, 4) is 0 Å². The fourth-order valence-electron chi connectivity index (χ4n) is 1.82. The van der Waals surface area contributed by atoms with Gasteiger partial charge in [-0.2, -0.15) is 0 Å². The minimum absolute atomic E-state index is 0.0391. The number of halogens is 1. The fraction of sp³-hybridized carbons (Fsp3) is 0.333. The van der Waals surface area contributed by atoms with Crippen LogP contribution in [-0.4, -0.2) is 34.5 Å². The highest BCUT2D eigenvalue weighted by Gasteiger charge is 2.39. The van der Waals surface area contributed by atoms with Gasteiger partial charge >= 0.3 is 0 Å². The third-order valence-corrected chi connectivity index (χ3v) is 3.77.